The molecular formula is C14H16N4O3. The van der Waals surface area contributed by atoms with Crippen molar-refractivity contribution in [3.63, 3.8) is 0 Å². The minimum absolute atomic E-state index is 0.0732. The Balaban J connectivity index is 2.43. The van der Waals surface area contributed by atoms with Crippen molar-refractivity contribution in [1.82, 2.24) is 9.97 Å². The lowest BCUT2D eigenvalue weighted by atomic mass is 10.1. The fourth-order valence-corrected chi connectivity index (χ4v) is 2.00. The Morgan fingerprint density at radius 2 is 1.90 bits per heavy atom. The standard InChI is InChI=1S/C14H16N4O3/c1-4-15-13-12(18(19)20)14(17-8-16-13)21-11-6-9(2)5-10(3)7-11/h5-8H,4H2,1-3H3,(H,15,16,17). The van der Waals surface area contributed by atoms with Crippen LogP contribution in [0.2, 0.25) is 0 Å². The normalized spacial score (nSPS) is 10.2. The summed E-state index contributed by atoms with van der Waals surface area (Å²) in [7, 11) is 0. The lowest BCUT2D eigenvalue weighted by Crippen LogP contribution is -2.06. The molecule has 0 radical (unpaired) electrons. The van der Waals surface area contributed by atoms with E-state index >= 15 is 0 Å². The summed E-state index contributed by atoms with van der Waals surface area (Å²) in [5.41, 5.74) is 1.75. The Morgan fingerprint density at radius 3 is 2.48 bits per heavy atom. The molecule has 2 rings (SSSR count). The molecule has 0 amide bonds. The van der Waals surface area contributed by atoms with Crippen molar-refractivity contribution in [2.45, 2.75) is 20.8 Å². The number of nitro groups is 1. The van der Waals surface area contributed by atoms with E-state index in [4.69, 9.17) is 4.74 Å². The molecule has 7 heteroatoms. The highest BCUT2D eigenvalue weighted by molar-refractivity contribution is 5.61. The molecule has 0 saturated heterocycles. The predicted molar refractivity (Wildman–Crippen MR) is 78.8 cm³/mol. The summed E-state index contributed by atoms with van der Waals surface area (Å²) in [5, 5.41) is 14.1. The Morgan fingerprint density at radius 1 is 1.24 bits per heavy atom. The molecule has 0 spiro atoms. The van der Waals surface area contributed by atoms with Gasteiger partial charge in [-0.2, -0.15) is 4.98 Å². The molecule has 21 heavy (non-hydrogen) atoms. The molecule has 0 saturated carbocycles. The zero-order valence-electron chi connectivity index (χ0n) is 12.1. The molecule has 0 atom stereocenters. The molecule has 0 aliphatic rings. The van der Waals surface area contributed by atoms with Gasteiger partial charge in [0.25, 0.3) is 0 Å². The van der Waals surface area contributed by atoms with E-state index < -0.39 is 4.92 Å². The van der Waals surface area contributed by atoms with E-state index in [2.05, 4.69) is 15.3 Å². The minimum atomic E-state index is -0.546. The second-order valence-corrected chi connectivity index (χ2v) is 4.59. The molecule has 1 aromatic carbocycles. The third kappa shape index (κ3) is 3.44. The summed E-state index contributed by atoms with van der Waals surface area (Å²) in [4.78, 5) is 18.5. The number of ether oxygens (including phenoxy) is 1. The second-order valence-electron chi connectivity index (χ2n) is 4.59. The summed E-state index contributed by atoms with van der Waals surface area (Å²) >= 11 is 0. The van der Waals surface area contributed by atoms with Crippen molar-refractivity contribution in [3.05, 3.63) is 45.8 Å². The number of nitrogens with one attached hydrogen (secondary N) is 1. The highest BCUT2D eigenvalue weighted by atomic mass is 16.6. The van der Waals surface area contributed by atoms with Crippen molar-refractivity contribution in [1.29, 1.82) is 0 Å². The highest BCUT2D eigenvalue weighted by Gasteiger charge is 2.24. The van der Waals surface area contributed by atoms with E-state index in [0.29, 0.717) is 12.3 Å². The van der Waals surface area contributed by atoms with Gasteiger partial charge in [0.2, 0.25) is 5.82 Å². The van der Waals surface area contributed by atoms with Crippen molar-refractivity contribution in [3.8, 4) is 11.6 Å². The van der Waals surface area contributed by atoms with Gasteiger partial charge in [-0.1, -0.05) is 6.07 Å². The average molecular weight is 288 g/mol. The quantitative estimate of drug-likeness (QED) is 0.671. The molecule has 1 N–H and O–H groups in total. The van der Waals surface area contributed by atoms with E-state index in [0.717, 1.165) is 11.1 Å². The summed E-state index contributed by atoms with van der Waals surface area (Å²) in [6.45, 7) is 6.20. The Kier molecular flexibility index (Phi) is 4.32. The van der Waals surface area contributed by atoms with E-state index in [9.17, 15) is 10.1 Å². The van der Waals surface area contributed by atoms with Crippen molar-refractivity contribution in [2.75, 3.05) is 11.9 Å². The average Bonchev–Trinajstić information content (AvgIpc) is 2.37. The van der Waals surface area contributed by atoms with Crippen LogP contribution < -0.4 is 10.1 Å². The molecule has 1 aromatic heterocycles. The molecular weight excluding hydrogens is 272 g/mol. The molecule has 0 fully saturated rings. The smallest absolute Gasteiger partial charge is 0.373 e. The van der Waals surface area contributed by atoms with Gasteiger partial charge < -0.3 is 10.1 Å². The number of nitrogens with zero attached hydrogens (tertiary/aromatic N) is 3. The van der Waals surface area contributed by atoms with E-state index in [1.807, 2.05) is 26.8 Å². The van der Waals surface area contributed by atoms with Crippen molar-refractivity contribution < 1.29 is 9.66 Å². The molecule has 2 aromatic rings. The summed E-state index contributed by atoms with van der Waals surface area (Å²) in [6.07, 6.45) is 1.24. The number of hydrogen-bond donors (Lipinski definition) is 1. The van der Waals surface area contributed by atoms with Crippen LogP contribution in [-0.2, 0) is 0 Å². The third-order valence-electron chi connectivity index (χ3n) is 2.73. The van der Waals surface area contributed by atoms with Gasteiger partial charge in [-0.05, 0) is 44.0 Å². The van der Waals surface area contributed by atoms with E-state index in [-0.39, 0.29) is 17.4 Å². The van der Waals surface area contributed by atoms with Gasteiger partial charge in [-0.3, -0.25) is 10.1 Å². The lowest BCUT2D eigenvalue weighted by Gasteiger charge is -2.09. The van der Waals surface area contributed by atoms with Crippen LogP contribution in [0.5, 0.6) is 11.6 Å². The van der Waals surface area contributed by atoms with Gasteiger partial charge in [0.1, 0.15) is 12.1 Å². The maximum absolute atomic E-state index is 11.2. The van der Waals surface area contributed by atoms with E-state index in [1.54, 1.807) is 12.1 Å². The monoisotopic (exact) mass is 288 g/mol. The van der Waals surface area contributed by atoms with Crippen LogP contribution in [0.1, 0.15) is 18.1 Å². The summed E-state index contributed by atoms with van der Waals surface area (Å²) in [6, 6.07) is 5.59. The van der Waals surface area contributed by atoms with Crippen LogP contribution >= 0.6 is 0 Å². The molecule has 110 valence electrons. The van der Waals surface area contributed by atoms with Crippen LogP contribution in [0.15, 0.2) is 24.5 Å². The van der Waals surface area contributed by atoms with Gasteiger partial charge in [-0.15, -0.1) is 0 Å². The maximum atomic E-state index is 11.2. The molecule has 0 aliphatic heterocycles. The molecule has 1 heterocycles. The van der Waals surface area contributed by atoms with Crippen LogP contribution in [0.4, 0.5) is 11.5 Å². The Labute approximate surface area is 122 Å². The number of aryl methyl sites for hydroxylation is 2. The largest absolute Gasteiger partial charge is 0.434 e. The highest BCUT2D eigenvalue weighted by Crippen LogP contribution is 2.34. The van der Waals surface area contributed by atoms with Gasteiger partial charge in [0.05, 0.1) is 4.92 Å². The Hall–Kier alpha value is -2.70. The fourth-order valence-electron chi connectivity index (χ4n) is 2.00. The van der Waals surface area contributed by atoms with Crippen molar-refractivity contribution in [2.24, 2.45) is 0 Å². The fraction of sp³-hybridized carbons (Fsp3) is 0.286. The molecule has 0 aliphatic carbocycles. The van der Waals surface area contributed by atoms with Crippen LogP contribution in [-0.4, -0.2) is 21.4 Å². The summed E-state index contributed by atoms with van der Waals surface area (Å²) in [5.74, 6) is 0.588. The van der Waals surface area contributed by atoms with Gasteiger partial charge in [-0.25, -0.2) is 4.98 Å². The number of anilines is 1. The van der Waals surface area contributed by atoms with E-state index in [1.165, 1.54) is 6.33 Å². The second kappa shape index (κ2) is 6.17. The third-order valence-corrected chi connectivity index (χ3v) is 2.73. The first-order valence-electron chi connectivity index (χ1n) is 6.50. The first kappa shape index (κ1) is 14.7. The van der Waals surface area contributed by atoms with Gasteiger partial charge in [0.15, 0.2) is 0 Å². The minimum Gasteiger partial charge on any atom is -0.434 e. The maximum Gasteiger partial charge on any atom is 0.373 e. The number of hydrogen-bond acceptors (Lipinski definition) is 6. The van der Waals surface area contributed by atoms with Crippen LogP contribution in [0.25, 0.3) is 0 Å². The molecule has 0 unspecified atom stereocenters. The van der Waals surface area contributed by atoms with Gasteiger partial charge in [0, 0.05) is 6.54 Å². The predicted octanol–water partition coefficient (Wildman–Crippen LogP) is 3.23. The first-order valence-corrected chi connectivity index (χ1v) is 6.50. The van der Waals surface area contributed by atoms with Crippen LogP contribution in [0.3, 0.4) is 0 Å². The number of aromatic nitrogens is 2. The first-order chi connectivity index (χ1) is 10.0. The topological polar surface area (TPSA) is 90.2 Å². The number of rotatable bonds is 5. The molecule has 7 nitrogen and oxygen atoms in total. The lowest BCUT2D eigenvalue weighted by molar-refractivity contribution is -0.385. The van der Waals surface area contributed by atoms with Crippen LogP contribution in [0, 0.1) is 24.0 Å². The SMILES string of the molecule is CCNc1ncnc(Oc2cc(C)cc(C)c2)c1[N+](=O)[O-]. The van der Waals surface area contributed by atoms with Gasteiger partial charge >= 0.3 is 11.6 Å². The summed E-state index contributed by atoms with van der Waals surface area (Å²) < 4.78 is 5.59. The zero-order valence-corrected chi connectivity index (χ0v) is 12.1. The number of benzene rings is 1. The Bertz CT molecular complexity index is 653. The zero-order chi connectivity index (χ0) is 15.4. The van der Waals surface area contributed by atoms with Crippen molar-refractivity contribution >= 4 is 11.5 Å². The molecule has 0 bridgehead atoms.